The van der Waals surface area contributed by atoms with E-state index in [1.54, 1.807) is 0 Å². The van der Waals surface area contributed by atoms with Crippen molar-refractivity contribution in [3.63, 3.8) is 0 Å². The largest absolute Gasteiger partial charge is 0.397 e. The zero-order valence-electron chi connectivity index (χ0n) is 7.23. The van der Waals surface area contributed by atoms with Crippen LogP contribution in [0.25, 0.3) is 5.65 Å². The van der Waals surface area contributed by atoms with Crippen LogP contribution < -0.4 is 10.7 Å². The van der Waals surface area contributed by atoms with E-state index in [0.29, 0.717) is 0 Å². The first-order chi connectivity index (χ1) is 5.68. The van der Waals surface area contributed by atoms with Crippen LogP contribution in [0, 0.1) is 0 Å². The van der Waals surface area contributed by atoms with E-state index in [1.165, 1.54) is 0 Å². The van der Waals surface area contributed by atoms with E-state index in [1.807, 2.05) is 52.8 Å². The van der Waals surface area contributed by atoms with Crippen molar-refractivity contribution in [3.8, 4) is 0 Å². The second kappa shape index (κ2) is 2.20. The molecule has 0 aromatic carbocycles. The van der Waals surface area contributed by atoms with E-state index >= 15 is 0 Å². The van der Waals surface area contributed by atoms with Crippen molar-refractivity contribution in [1.82, 2.24) is 9.08 Å². The molecule has 4 heteroatoms. The maximum atomic E-state index is 5.65. The highest BCUT2D eigenvalue weighted by Crippen LogP contribution is 2.11. The van der Waals surface area contributed by atoms with Crippen LogP contribution in [0.5, 0.6) is 0 Å². The van der Waals surface area contributed by atoms with Gasteiger partial charge >= 0.3 is 0 Å². The highest BCUT2D eigenvalue weighted by Gasteiger charge is 2.02. The molecule has 2 N–H and O–H groups in total. The number of rotatable bonds is 1. The van der Waals surface area contributed by atoms with Gasteiger partial charge < -0.3 is 15.1 Å². The minimum Gasteiger partial charge on any atom is -0.397 e. The third-order valence-corrected chi connectivity index (χ3v) is 1.88. The normalized spacial score (nSPS) is 10.8. The molecule has 0 fully saturated rings. The summed E-state index contributed by atoms with van der Waals surface area (Å²) in [6.07, 6.45) is 5.87. The fourth-order valence-electron chi connectivity index (χ4n) is 1.34. The molecule has 0 saturated carbocycles. The van der Waals surface area contributed by atoms with Crippen LogP contribution in [-0.2, 0) is 0 Å². The topological polar surface area (TPSA) is 38.6 Å². The number of hydrogen-bond donors (Lipinski definition) is 1. The van der Waals surface area contributed by atoms with Gasteiger partial charge in [0.25, 0.3) is 0 Å². The number of hydrogen-bond acceptors (Lipinski definition) is 2. The van der Waals surface area contributed by atoms with Crippen molar-refractivity contribution in [1.29, 1.82) is 0 Å². The molecule has 2 aromatic rings. The Labute approximate surface area is 70.8 Å². The van der Waals surface area contributed by atoms with Gasteiger partial charge in [-0.25, -0.2) is 4.68 Å². The molecule has 2 heterocycles. The quantitative estimate of drug-likeness (QED) is 0.667. The van der Waals surface area contributed by atoms with Crippen molar-refractivity contribution in [2.45, 2.75) is 0 Å². The smallest absolute Gasteiger partial charge is 0.137 e. The molecule has 12 heavy (non-hydrogen) atoms. The van der Waals surface area contributed by atoms with Crippen LogP contribution in [0.4, 0.5) is 5.69 Å². The molecule has 0 saturated heterocycles. The summed E-state index contributed by atoms with van der Waals surface area (Å²) in [5, 5.41) is 1.99. The lowest BCUT2D eigenvalue weighted by atomic mass is 10.5. The Morgan fingerprint density at radius 3 is 2.75 bits per heavy atom. The lowest BCUT2D eigenvalue weighted by Gasteiger charge is -2.13. The average Bonchev–Trinajstić information content (AvgIpc) is 2.43. The maximum Gasteiger partial charge on any atom is 0.137 e. The van der Waals surface area contributed by atoms with Crippen LogP contribution in [0.2, 0.25) is 0 Å². The van der Waals surface area contributed by atoms with Crippen LogP contribution >= 0.6 is 0 Å². The SMILES string of the molecule is CN(C)n1ccn2cc(N)cc12. The Hall–Kier alpha value is -1.58. The minimum atomic E-state index is 0.793. The molecule has 0 aliphatic heterocycles. The molecule has 0 spiro atoms. The standard InChI is InChI=1S/C8H12N4/c1-10(2)12-4-3-11-6-7(9)5-8(11)12/h3-6H,9H2,1-2H3. The number of anilines is 1. The van der Waals surface area contributed by atoms with Gasteiger partial charge in [-0.2, -0.15) is 0 Å². The number of nitrogens with zero attached hydrogens (tertiary/aromatic N) is 3. The molecule has 2 aromatic heterocycles. The molecule has 0 radical (unpaired) electrons. The Kier molecular flexibility index (Phi) is 1.30. The van der Waals surface area contributed by atoms with Gasteiger partial charge in [0.2, 0.25) is 0 Å². The van der Waals surface area contributed by atoms with Gasteiger partial charge in [0.05, 0.1) is 5.69 Å². The van der Waals surface area contributed by atoms with Crippen LogP contribution in [-0.4, -0.2) is 23.2 Å². The fourth-order valence-corrected chi connectivity index (χ4v) is 1.34. The maximum absolute atomic E-state index is 5.65. The van der Waals surface area contributed by atoms with Crippen molar-refractivity contribution in [2.75, 3.05) is 24.8 Å². The van der Waals surface area contributed by atoms with Gasteiger partial charge in [0, 0.05) is 38.8 Å². The summed E-state index contributed by atoms with van der Waals surface area (Å²) in [7, 11) is 3.98. The molecular formula is C8H12N4. The van der Waals surface area contributed by atoms with Gasteiger partial charge in [0.15, 0.2) is 0 Å². The number of aromatic nitrogens is 2. The lowest BCUT2D eigenvalue weighted by Crippen LogP contribution is -2.23. The van der Waals surface area contributed by atoms with Gasteiger partial charge in [-0.05, 0) is 0 Å². The Morgan fingerprint density at radius 1 is 1.33 bits per heavy atom. The van der Waals surface area contributed by atoms with Gasteiger partial charge in [0.1, 0.15) is 5.65 Å². The monoisotopic (exact) mass is 164 g/mol. The molecule has 0 aliphatic rings. The number of nitrogens with two attached hydrogens (primary N) is 1. The molecule has 0 bridgehead atoms. The summed E-state index contributed by atoms with van der Waals surface area (Å²) in [5.41, 5.74) is 7.53. The molecule has 4 nitrogen and oxygen atoms in total. The van der Waals surface area contributed by atoms with E-state index in [9.17, 15) is 0 Å². The predicted molar refractivity (Wildman–Crippen MR) is 49.9 cm³/mol. The summed E-state index contributed by atoms with van der Waals surface area (Å²) < 4.78 is 4.02. The van der Waals surface area contributed by atoms with Gasteiger partial charge in [-0.3, -0.25) is 0 Å². The molecule has 64 valence electrons. The summed E-state index contributed by atoms with van der Waals surface area (Å²) in [6, 6.07) is 1.94. The van der Waals surface area contributed by atoms with E-state index in [2.05, 4.69) is 0 Å². The summed E-state index contributed by atoms with van der Waals surface area (Å²) in [6.45, 7) is 0. The van der Waals surface area contributed by atoms with Gasteiger partial charge in [-0.1, -0.05) is 0 Å². The lowest BCUT2D eigenvalue weighted by molar-refractivity contribution is 0.757. The van der Waals surface area contributed by atoms with Crippen molar-refractivity contribution >= 4 is 11.3 Å². The molecule has 0 unspecified atom stereocenters. The predicted octanol–water partition coefficient (Wildman–Crippen LogP) is 0.521. The van der Waals surface area contributed by atoms with E-state index < -0.39 is 0 Å². The Bertz CT molecular complexity index is 396. The zero-order valence-corrected chi connectivity index (χ0v) is 7.23. The van der Waals surface area contributed by atoms with Crippen LogP contribution in [0.3, 0.4) is 0 Å². The zero-order chi connectivity index (χ0) is 8.72. The molecule has 0 aliphatic carbocycles. The summed E-state index contributed by atoms with van der Waals surface area (Å²) in [5.74, 6) is 0. The highest BCUT2D eigenvalue weighted by molar-refractivity contribution is 5.55. The average molecular weight is 164 g/mol. The second-order valence-electron chi connectivity index (χ2n) is 3.03. The first kappa shape index (κ1) is 7.09. The molecule has 0 amide bonds. The highest BCUT2D eigenvalue weighted by atomic mass is 15.5. The van der Waals surface area contributed by atoms with Crippen molar-refractivity contribution in [2.24, 2.45) is 0 Å². The van der Waals surface area contributed by atoms with Gasteiger partial charge in [-0.15, -0.1) is 0 Å². The van der Waals surface area contributed by atoms with E-state index in [-0.39, 0.29) is 0 Å². The van der Waals surface area contributed by atoms with Crippen LogP contribution in [0.1, 0.15) is 0 Å². The Morgan fingerprint density at radius 2 is 2.08 bits per heavy atom. The Balaban J connectivity index is 2.68. The first-order valence-electron chi connectivity index (χ1n) is 3.80. The second-order valence-corrected chi connectivity index (χ2v) is 3.03. The number of nitrogen functional groups attached to an aromatic ring is 1. The summed E-state index contributed by atoms with van der Waals surface area (Å²) >= 11 is 0. The number of fused-ring (bicyclic) bond motifs is 1. The fraction of sp³-hybridized carbons (Fsp3) is 0.250. The van der Waals surface area contributed by atoms with Crippen molar-refractivity contribution < 1.29 is 0 Å². The third-order valence-electron chi connectivity index (χ3n) is 1.88. The third kappa shape index (κ3) is 0.845. The van der Waals surface area contributed by atoms with Crippen molar-refractivity contribution in [3.05, 3.63) is 24.7 Å². The number of imidazole rings is 1. The van der Waals surface area contributed by atoms with E-state index in [4.69, 9.17) is 5.73 Å². The first-order valence-corrected chi connectivity index (χ1v) is 3.80. The minimum absolute atomic E-state index is 0.793. The molecule has 0 atom stereocenters. The summed E-state index contributed by atoms with van der Waals surface area (Å²) in [4.78, 5) is 0. The van der Waals surface area contributed by atoms with E-state index in [0.717, 1.165) is 11.3 Å². The molecule has 2 rings (SSSR count). The molecular weight excluding hydrogens is 152 g/mol. The van der Waals surface area contributed by atoms with Crippen LogP contribution in [0.15, 0.2) is 24.7 Å².